The maximum atomic E-state index is 12.8. The van der Waals surface area contributed by atoms with Crippen molar-refractivity contribution in [2.24, 2.45) is 0 Å². The molecule has 4 rings (SSSR count). The maximum absolute atomic E-state index is 12.8. The number of benzene rings is 1. The fourth-order valence-corrected chi connectivity index (χ4v) is 4.01. The highest BCUT2D eigenvalue weighted by Gasteiger charge is 2.41. The molecule has 1 aromatic carbocycles. The summed E-state index contributed by atoms with van der Waals surface area (Å²) in [7, 11) is 1.63. The predicted octanol–water partition coefficient (Wildman–Crippen LogP) is 2.41. The second-order valence-corrected chi connectivity index (χ2v) is 7.08. The average Bonchev–Trinajstić information content (AvgIpc) is 2.96. The molecule has 1 aromatic heterocycles. The molecule has 1 fully saturated rings. The van der Waals surface area contributed by atoms with E-state index in [1.165, 1.54) is 5.56 Å². The summed E-state index contributed by atoms with van der Waals surface area (Å²) in [5.74, 6) is 0.754. The van der Waals surface area contributed by atoms with E-state index < -0.39 is 0 Å². The number of hydrogen-bond donors (Lipinski definition) is 1. The summed E-state index contributed by atoms with van der Waals surface area (Å²) in [6.07, 6.45) is 6.59. The van der Waals surface area contributed by atoms with Gasteiger partial charge in [0.25, 0.3) is 5.91 Å². The number of pyridine rings is 1. The van der Waals surface area contributed by atoms with Gasteiger partial charge < -0.3 is 10.1 Å². The van der Waals surface area contributed by atoms with Gasteiger partial charge in [-0.25, -0.2) is 0 Å². The molecule has 0 bridgehead atoms. The third kappa shape index (κ3) is 3.24. The van der Waals surface area contributed by atoms with Gasteiger partial charge in [-0.15, -0.1) is 0 Å². The molecule has 1 unspecified atom stereocenters. The van der Waals surface area contributed by atoms with Crippen LogP contribution in [-0.4, -0.2) is 41.5 Å². The van der Waals surface area contributed by atoms with Gasteiger partial charge in [0.1, 0.15) is 5.75 Å². The van der Waals surface area contributed by atoms with Crippen LogP contribution in [0.25, 0.3) is 0 Å². The summed E-state index contributed by atoms with van der Waals surface area (Å²) in [6, 6.07) is 9.89. The number of rotatable bonds is 3. The number of carbonyl (C=O) groups is 1. The molecule has 1 amide bonds. The van der Waals surface area contributed by atoms with E-state index in [-0.39, 0.29) is 11.4 Å². The van der Waals surface area contributed by atoms with Crippen molar-refractivity contribution in [3.05, 3.63) is 59.4 Å². The van der Waals surface area contributed by atoms with Gasteiger partial charge in [-0.3, -0.25) is 14.7 Å². The first-order chi connectivity index (χ1) is 12.2. The second kappa shape index (κ2) is 6.48. The van der Waals surface area contributed by atoms with E-state index in [2.05, 4.69) is 21.3 Å². The Morgan fingerprint density at radius 1 is 1.32 bits per heavy atom. The zero-order valence-corrected chi connectivity index (χ0v) is 14.5. The third-order valence-electron chi connectivity index (χ3n) is 5.38. The van der Waals surface area contributed by atoms with Gasteiger partial charge in [0, 0.05) is 37.6 Å². The molecule has 25 heavy (non-hydrogen) atoms. The molecule has 2 aromatic rings. The number of aromatic nitrogens is 1. The molecule has 5 nitrogen and oxygen atoms in total. The highest BCUT2D eigenvalue weighted by molar-refractivity contribution is 5.97. The molecule has 2 aliphatic rings. The molecule has 0 aliphatic carbocycles. The fourth-order valence-electron chi connectivity index (χ4n) is 4.01. The van der Waals surface area contributed by atoms with Crippen molar-refractivity contribution in [1.29, 1.82) is 0 Å². The first kappa shape index (κ1) is 16.1. The van der Waals surface area contributed by atoms with Crippen molar-refractivity contribution >= 4 is 5.91 Å². The number of ether oxygens (including phenoxy) is 1. The molecule has 0 saturated carbocycles. The highest BCUT2D eigenvalue weighted by Crippen LogP contribution is 2.32. The lowest BCUT2D eigenvalue weighted by Crippen LogP contribution is -2.49. The Hall–Kier alpha value is -2.40. The van der Waals surface area contributed by atoms with Crippen LogP contribution in [0.3, 0.4) is 0 Å². The summed E-state index contributed by atoms with van der Waals surface area (Å²) in [6.45, 7) is 2.76. The van der Waals surface area contributed by atoms with Crippen LogP contribution in [-0.2, 0) is 13.0 Å². The van der Waals surface area contributed by atoms with Crippen LogP contribution in [0.1, 0.15) is 34.3 Å². The number of likely N-dealkylation sites (tertiary alicyclic amines) is 1. The number of carbonyl (C=O) groups excluding carboxylic acids is 1. The lowest BCUT2D eigenvalue weighted by molar-refractivity contribution is 0.0901. The second-order valence-electron chi connectivity index (χ2n) is 7.08. The number of methoxy groups -OCH3 is 1. The number of fused-ring (bicyclic) bond motifs is 1. The van der Waals surface area contributed by atoms with E-state index in [0.29, 0.717) is 0 Å². The molecule has 1 atom stereocenters. The standard InChI is InChI=1S/C20H23N3O2/c1-25-17-5-4-16-6-7-20(22-19(24)18(16)11-17)8-10-23(14-20)13-15-3-2-9-21-12-15/h2-5,9,11-12H,6-8,10,13-14H2,1H3,(H,22,24). The maximum Gasteiger partial charge on any atom is 0.252 e. The summed E-state index contributed by atoms with van der Waals surface area (Å²) >= 11 is 0. The minimum Gasteiger partial charge on any atom is -0.497 e. The molecule has 0 radical (unpaired) electrons. The van der Waals surface area contributed by atoms with Crippen LogP contribution in [0.15, 0.2) is 42.7 Å². The van der Waals surface area contributed by atoms with Gasteiger partial charge in [0.05, 0.1) is 12.6 Å². The average molecular weight is 337 g/mol. The quantitative estimate of drug-likeness (QED) is 0.934. The van der Waals surface area contributed by atoms with Crippen molar-refractivity contribution in [1.82, 2.24) is 15.2 Å². The summed E-state index contributed by atoms with van der Waals surface area (Å²) in [4.78, 5) is 19.4. The largest absolute Gasteiger partial charge is 0.497 e. The Labute approximate surface area is 148 Å². The van der Waals surface area contributed by atoms with Crippen LogP contribution in [0.2, 0.25) is 0 Å². The number of amides is 1. The fraction of sp³-hybridized carbons (Fsp3) is 0.400. The van der Waals surface area contributed by atoms with Gasteiger partial charge in [-0.05, 0) is 48.6 Å². The minimum absolute atomic E-state index is 0.0228. The van der Waals surface area contributed by atoms with Crippen LogP contribution in [0, 0.1) is 0 Å². The molecule has 130 valence electrons. The molecule has 1 saturated heterocycles. The lowest BCUT2D eigenvalue weighted by atomic mass is 9.91. The molecule has 1 N–H and O–H groups in total. The van der Waals surface area contributed by atoms with Crippen LogP contribution in [0.5, 0.6) is 5.75 Å². The van der Waals surface area contributed by atoms with Gasteiger partial charge in [-0.2, -0.15) is 0 Å². The van der Waals surface area contributed by atoms with Crippen LogP contribution < -0.4 is 10.1 Å². The molecule has 1 spiro atoms. The van der Waals surface area contributed by atoms with Crippen molar-refractivity contribution in [2.75, 3.05) is 20.2 Å². The van der Waals surface area contributed by atoms with Gasteiger partial charge in [-0.1, -0.05) is 12.1 Å². The van der Waals surface area contributed by atoms with E-state index in [1.807, 2.05) is 30.5 Å². The number of nitrogens with one attached hydrogen (secondary N) is 1. The first-order valence-electron chi connectivity index (χ1n) is 8.78. The summed E-state index contributed by atoms with van der Waals surface area (Å²) in [5, 5.41) is 3.33. The van der Waals surface area contributed by atoms with Crippen LogP contribution >= 0.6 is 0 Å². The van der Waals surface area contributed by atoms with Crippen molar-refractivity contribution in [3.63, 3.8) is 0 Å². The molecule has 3 heterocycles. The lowest BCUT2D eigenvalue weighted by Gasteiger charge is -2.29. The molecule has 5 heteroatoms. The normalized spacial score (nSPS) is 23.2. The van der Waals surface area contributed by atoms with E-state index in [0.717, 1.165) is 55.8 Å². The molecular formula is C20H23N3O2. The van der Waals surface area contributed by atoms with Gasteiger partial charge >= 0.3 is 0 Å². The van der Waals surface area contributed by atoms with Crippen molar-refractivity contribution in [3.8, 4) is 5.75 Å². The highest BCUT2D eigenvalue weighted by atomic mass is 16.5. The zero-order chi connectivity index (χ0) is 17.3. The minimum atomic E-state index is -0.133. The number of nitrogens with zero attached hydrogens (tertiary/aromatic N) is 2. The van der Waals surface area contributed by atoms with E-state index in [9.17, 15) is 4.79 Å². The predicted molar refractivity (Wildman–Crippen MR) is 95.6 cm³/mol. The molecule has 2 aliphatic heterocycles. The van der Waals surface area contributed by atoms with Crippen molar-refractivity contribution < 1.29 is 9.53 Å². The Kier molecular flexibility index (Phi) is 4.17. The first-order valence-corrected chi connectivity index (χ1v) is 8.78. The zero-order valence-electron chi connectivity index (χ0n) is 14.5. The SMILES string of the molecule is COc1ccc2c(c1)C(=O)NC1(CC2)CCN(Cc2cccnc2)C1. The Morgan fingerprint density at radius 2 is 2.24 bits per heavy atom. The smallest absolute Gasteiger partial charge is 0.252 e. The van der Waals surface area contributed by atoms with Gasteiger partial charge in [0.2, 0.25) is 0 Å². The van der Waals surface area contributed by atoms with Crippen LogP contribution in [0.4, 0.5) is 0 Å². The van der Waals surface area contributed by atoms with E-state index in [4.69, 9.17) is 4.74 Å². The number of hydrogen-bond acceptors (Lipinski definition) is 4. The Balaban J connectivity index is 1.50. The Bertz CT molecular complexity index is 778. The van der Waals surface area contributed by atoms with E-state index >= 15 is 0 Å². The topological polar surface area (TPSA) is 54.5 Å². The third-order valence-corrected chi connectivity index (χ3v) is 5.38. The summed E-state index contributed by atoms with van der Waals surface area (Å²) in [5.41, 5.74) is 2.95. The summed E-state index contributed by atoms with van der Waals surface area (Å²) < 4.78 is 5.28. The van der Waals surface area contributed by atoms with E-state index in [1.54, 1.807) is 13.3 Å². The van der Waals surface area contributed by atoms with Gasteiger partial charge in [0.15, 0.2) is 0 Å². The Morgan fingerprint density at radius 3 is 3.04 bits per heavy atom. The molecular weight excluding hydrogens is 314 g/mol. The van der Waals surface area contributed by atoms with Crippen molar-refractivity contribution in [2.45, 2.75) is 31.3 Å². The number of aryl methyl sites for hydroxylation is 1. The monoisotopic (exact) mass is 337 g/mol.